The Balaban J connectivity index is 1.76. The van der Waals surface area contributed by atoms with Gasteiger partial charge in [-0.1, -0.05) is 37.3 Å². The van der Waals surface area contributed by atoms with Gasteiger partial charge < -0.3 is 10.0 Å². The highest BCUT2D eigenvalue weighted by atomic mass is 16.4. The molecule has 3 heteroatoms. The molecule has 1 aromatic rings. The highest BCUT2D eigenvalue weighted by Crippen LogP contribution is 2.50. The molecular weight excluding hydrogens is 262 g/mol. The van der Waals surface area contributed by atoms with Crippen molar-refractivity contribution >= 4 is 5.97 Å². The van der Waals surface area contributed by atoms with Crippen LogP contribution in [0.25, 0.3) is 0 Å². The van der Waals surface area contributed by atoms with E-state index in [2.05, 4.69) is 18.7 Å². The van der Waals surface area contributed by atoms with Crippen molar-refractivity contribution in [1.29, 1.82) is 0 Å². The maximum atomic E-state index is 11.9. The predicted molar refractivity (Wildman–Crippen MR) is 83.4 cm³/mol. The summed E-state index contributed by atoms with van der Waals surface area (Å²) in [6, 6.07) is 10.3. The first-order valence-corrected chi connectivity index (χ1v) is 8.01. The molecule has 1 saturated carbocycles. The van der Waals surface area contributed by atoms with Gasteiger partial charge >= 0.3 is 5.97 Å². The fourth-order valence-electron chi connectivity index (χ4n) is 3.73. The van der Waals surface area contributed by atoms with Crippen molar-refractivity contribution in [2.75, 3.05) is 13.1 Å². The Morgan fingerprint density at radius 3 is 2.19 bits per heavy atom. The zero-order valence-corrected chi connectivity index (χ0v) is 13.0. The van der Waals surface area contributed by atoms with Crippen molar-refractivity contribution < 1.29 is 9.90 Å². The molecule has 1 unspecified atom stereocenters. The molecule has 3 rings (SSSR count). The molecule has 0 amide bonds. The summed E-state index contributed by atoms with van der Waals surface area (Å²) in [7, 11) is 0. The average molecular weight is 287 g/mol. The lowest BCUT2D eigenvalue weighted by Gasteiger charge is -2.43. The molecule has 0 radical (unpaired) electrons. The fraction of sp³-hybridized carbons (Fsp3) is 0.611. The average Bonchev–Trinajstić information content (AvgIpc) is 3.26. The third kappa shape index (κ3) is 2.48. The lowest BCUT2D eigenvalue weighted by atomic mass is 9.72. The van der Waals surface area contributed by atoms with Gasteiger partial charge in [0.1, 0.15) is 0 Å². The smallest absolute Gasteiger partial charge is 0.314 e. The molecule has 2 fully saturated rings. The van der Waals surface area contributed by atoms with Crippen molar-refractivity contribution in [3.8, 4) is 0 Å². The first-order chi connectivity index (χ1) is 9.98. The van der Waals surface area contributed by atoms with E-state index >= 15 is 0 Å². The lowest BCUT2D eigenvalue weighted by molar-refractivity contribution is -0.146. The van der Waals surface area contributed by atoms with Gasteiger partial charge in [-0.15, -0.1) is 0 Å². The van der Waals surface area contributed by atoms with Crippen LogP contribution in [-0.2, 0) is 10.2 Å². The van der Waals surface area contributed by atoms with Crippen LogP contribution in [0.3, 0.4) is 0 Å². The number of nitrogens with zero attached hydrogens (tertiary/aromatic N) is 1. The van der Waals surface area contributed by atoms with E-state index in [0.717, 1.165) is 18.7 Å². The van der Waals surface area contributed by atoms with Crippen LogP contribution in [0.4, 0.5) is 0 Å². The van der Waals surface area contributed by atoms with E-state index < -0.39 is 11.4 Å². The first kappa shape index (κ1) is 14.6. The van der Waals surface area contributed by atoms with E-state index in [4.69, 9.17) is 0 Å². The summed E-state index contributed by atoms with van der Waals surface area (Å²) in [6.07, 6.45) is 4.06. The standard InChI is InChI=1S/C18H25NO2/c1-14(17(2)8-9-17)19-12-10-18(11-13-19,16(20)21)15-6-4-3-5-7-15/h3-7,14H,8-13H2,1-2H3,(H,20,21). The second kappa shape index (κ2) is 5.13. The number of likely N-dealkylation sites (tertiary alicyclic amines) is 1. The topological polar surface area (TPSA) is 40.5 Å². The van der Waals surface area contributed by atoms with Crippen LogP contribution in [0, 0.1) is 5.41 Å². The Kier molecular flexibility index (Phi) is 3.56. The number of hydrogen-bond acceptors (Lipinski definition) is 2. The second-order valence-electron chi connectivity index (χ2n) is 7.12. The van der Waals surface area contributed by atoms with E-state index in [1.165, 1.54) is 12.8 Å². The van der Waals surface area contributed by atoms with Crippen LogP contribution in [0.2, 0.25) is 0 Å². The number of carbonyl (C=O) groups is 1. The van der Waals surface area contributed by atoms with Gasteiger partial charge in [-0.25, -0.2) is 0 Å². The van der Waals surface area contributed by atoms with Crippen LogP contribution in [-0.4, -0.2) is 35.1 Å². The zero-order chi connectivity index (χ0) is 15.1. The van der Waals surface area contributed by atoms with Gasteiger partial charge in [-0.2, -0.15) is 0 Å². The quantitative estimate of drug-likeness (QED) is 0.923. The Labute approximate surface area is 127 Å². The van der Waals surface area contributed by atoms with Gasteiger partial charge in [0.25, 0.3) is 0 Å². The molecule has 114 valence electrons. The summed E-state index contributed by atoms with van der Waals surface area (Å²) >= 11 is 0. The minimum absolute atomic E-state index is 0.468. The highest BCUT2D eigenvalue weighted by Gasteiger charge is 2.49. The molecule has 2 aliphatic rings. The Hall–Kier alpha value is -1.35. The van der Waals surface area contributed by atoms with Crippen molar-refractivity contribution in [2.45, 2.75) is 51.0 Å². The van der Waals surface area contributed by atoms with E-state index in [1.54, 1.807) is 0 Å². The van der Waals surface area contributed by atoms with Crippen LogP contribution >= 0.6 is 0 Å². The molecule has 1 atom stereocenters. The van der Waals surface area contributed by atoms with Gasteiger partial charge in [0.05, 0.1) is 5.41 Å². The largest absolute Gasteiger partial charge is 0.481 e. The fourth-order valence-corrected chi connectivity index (χ4v) is 3.73. The van der Waals surface area contributed by atoms with Crippen LogP contribution in [0.15, 0.2) is 30.3 Å². The maximum absolute atomic E-state index is 11.9. The van der Waals surface area contributed by atoms with Crippen molar-refractivity contribution in [3.63, 3.8) is 0 Å². The van der Waals surface area contributed by atoms with Crippen molar-refractivity contribution in [3.05, 3.63) is 35.9 Å². The van der Waals surface area contributed by atoms with Gasteiger partial charge in [-0.3, -0.25) is 4.79 Å². The molecule has 1 saturated heterocycles. The number of rotatable bonds is 4. The molecular formula is C18H25NO2. The Bertz CT molecular complexity index is 513. The third-order valence-electron chi connectivity index (χ3n) is 5.98. The number of benzene rings is 1. The summed E-state index contributed by atoms with van der Waals surface area (Å²) in [5.41, 5.74) is 0.736. The molecule has 1 heterocycles. The van der Waals surface area contributed by atoms with E-state index in [0.29, 0.717) is 24.3 Å². The molecule has 1 aromatic carbocycles. The lowest BCUT2D eigenvalue weighted by Crippen LogP contribution is -2.51. The van der Waals surface area contributed by atoms with Gasteiger partial charge in [0.15, 0.2) is 0 Å². The molecule has 3 nitrogen and oxygen atoms in total. The normalized spacial score (nSPS) is 25.2. The van der Waals surface area contributed by atoms with E-state index in [1.807, 2.05) is 30.3 Å². The number of carboxylic acid groups (broad SMARTS) is 1. The summed E-state index contributed by atoms with van der Waals surface area (Å²) in [5.74, 6) is -0.668. The summed E-state index contributed by atoms with van der Waals surface area (Å²) in [5, 5.41) is 9.82. The molecule has 0 spiro atoms. The highest BCUT2D eigenvalue weighted by molar-refractivity contribution is 5.81. The van der Waals surface area contributed by atoms with E-state index in [9.17, 15) is 9.90 Å². The first-order valence-electron chi connectivity index (χ1n) is 8.01. The zero-order valence-electron chi connectivity index (χ0n) is 13.0. The number of piperidine rings is 1. The Morgan fingerprint density at radius 2 is 1.71 bits per heavy atom. The molecule has 0 bridgehead atoms. The number of hydrogen-bond donors (Lipinski definition) is 1. The van der Waals surface area contributed by atoms with Gasteiger partial charge in [0.2, 0.25) is 0 Å². The van der Waals surface area contributed by atoms with Crippen molar-refractivity contribution in [1.82, 2.24) is 4.90 Å². The third-order valence-corrected chi connectivity index (χ3v) is 5.98. The minimum Gasteiger partial charge on any atom is -0.481 e. The summed E-state index contributed by atoms with van der Waals surface area (Å²) in [4.78, 5) is 14.4. The monoisotopic (exact) mass is 287 g/mol. The van der Waals surface area contributed by atoms with Crippen LogP contribution in [0.5, 0.6) is 0 Å². The molecule has 0 aromatic heterocycles. The predicted octanol–water partition coefficient (Wildman–Crippen LogP) is 3.29. The van der Waals surface area contributed by atoms with E-state index in [-0.39, 0.29) is 0 Å². The molecule has 21 heavy (non-hydrogen) atoms. The van der Waals surface area contributed by atoms with Crippen molar-refractivity contribution in [2.24, 2.45) is 5.41 Å². The number of carboxylic acids is 1. The molecule has 1 aliphatic heterocycles. The Morgan fingerprint density at radius 1 is 1.14 bits per heavy atom. The summed E-state index contributed by atoms with van der Waals surface area (Å²) in [6.45, 7) is 6.44. The van der Waals surface area contributed by atoms with Crippen LogP contribution < -0.4 is 0 Å². The summed E-state index contributed by atoms with van der Waals surface area (Å²) < 4.78 is 0. The maximum Gasteiger partial charge on any atom is 0.314 e. The second-order valence-corrected chi connectivity index (χ2v) is 7.12. The number of aliphatic carboxylic acids is 1. The SMILES string of the molecule is CC(N1CCC(C(=O)O)(c2ccccc2)CC1)C1(C)CC1. The van der Waals surface area contributed by atoms with Crippen LogP contribution in [0.1, 0.15) is 45.1 Å². The molecule has 1 N–H and O–H groups in total. The van der Waals surface area contributed by atoms with Gasteiger partial charge in [0, 0.05) is 6.04 Å². The van der Waals surface area contributed by atoms with Gasteiger partial charge in [-0.05, 0) is 56.7 Å². The molecule has 1 aliphatic carbocycles. The minimum atomic E-state index is -0.693.